The van der Waals surface area contributed by atoms with Gasteiger partial charge in [-0.15, -0.1) is 12.4 Å². The fourth-order valence-corrected chi connectivity index (χ4v) is 2.21. The summed E-state index contributed by atoms with van der Waals surface area (Å²) in [6, 6.07) is 16.3. The lowest BCUT2D eigenvalue weighted by molar-refractivity contribution is 0.626. The van der Waals surface area contributed by atoms with Crippen molar-refractivity contribution in [1.29, 1.82) is 0 Å². The van der Waals surface area contributed by atoms with E-state index < -0.39 is 0 Å². The predicted molar refractivity (Wildman–Crippen MR) is 113 cm³/mol. The van der Waals surface area contributed by atoms with E-state index in [0.29, 0.717) is 24.0 Å². The van der Waals surface area contributed by atoms with Crippen molar-refractivity contribution >= 4 is 36.5 Å². The molecule has 1 aromatic heterocycles. The molecule has 1 heterocycles. The molecule has 0 aliphatic carbocycles. The zero-order valence-electron chi connectivity index (χ0n) is 15.5. The normalized spacial score (nSPS) is 10.4. The summed E-state index contributed by atoms with van der Waals surface area (Å²) >= 11 is 0. The highest BCUT2D eigenvalue weighted by atomic mass is 35.5. The summed E-state index contributed by atoms with van der Waals surface area (Å²) < 4.78 is 13.6. The first-order valence-corrected chi connectivity index (χ1v) is 8.36. The van der Waals surface area contributed by atoms with E-state index in [-0.39, 0.29) is 24.2 Å². The van der Waals surface area contributed by atoms with E-state index in [0.717, 1.165) is 5.56 Å². The highest BCUT2D eigenvalue weighted by Gasteiger charge is 2.08. The van der Waals surface area contributed by atoms with Crippen LogP contribution in [0.4, 0.5) is 22.2 Å². The Morgan fingerprint density at radius 1 is 0.964 bits per heavy atom. The average Bonchev–Trinajstić information content (AvgIpc) is 2.68. The number of hydrogen-bond acceptors (Lipinski definition) is 7. The number of anilines is 3. The maximum absolute atomic E-state index is 13.6. The third-order valence-corrected chi connectivity index (χ3v) is 3.59. The molecule has 0 unspecified atom stereocenters. The van der Waals surface area contributed by atoms with Gasteiger partial charge in [-0.25, -0.2) is 9.82 Å². The van der Waals surface area contributed by atoms with Gasteiger partial charge in [0, 0.05) is 26.2 Å². The standard InChI is InChI=1S/C19H20FN7.ClH/c1-27(2)19-24-17(21-12-14-8-4-3-5-9-14)23-18(25-19)26-22-13-15-10-6-7-11-16(15)20;/h3-11,13H,12H2,1-2H3,(H2,21,23,24,25,26);1H/b22-13+;. The van der Waals surface area contributed by atoms with Crippen molar-refractivity contribution in [2.24, 2.45) is 5.10 Å². The average molecular weight is 402 g/mol. The van der Waals surface area contributed by atoms with Crippen LogP contribution >= 0.6 is 12.4 Å². The molecular weight excluding hydrogens is 381 g/mol. The Morgan fingerprint density at radius 3 is 2.36 bits per heavy atom. The molecule has 0 saturated heterocycles. The van der Waals surface area contributed by atoms with E-state index in [2.05, 4.69) is 30.8 Å². The first-order valence-electron chi connectivity index (χ1n) is 8.36. The van der Waals surface area contributed by atoms with Crippen LogP contribution in [0.5, 0.6) is 0 Å². The highest BCUT2D eigenvalue weighted by molar-refractivity contribution is 5.85. The molecule has 7 nitrogen and oxygen atoms in total. The quantitative estimate of drug-likeness (QED) is 0.465. The molecule has 0 atom stereocenters. The molecule has 0 aliphatic heterocycles. The lowest BCUT2D eigenvalue weighted by Gasteiger charge is -2.13. The first-order chi connectivity index (χ1) is 13.1. The van der Waals surface area contributed by atoms with Gasteiger partial charge in [-0.1, -0.05) is 48.5 Å². The van der Waals surface area contributed by atoms with Crippen molar-refractivity contribution in [3.8, 4) is 0 Å². The lowest BCUT2D eigenvalue weighted by Crippen LogP contribution is -2.16. The Balaban J connectivity index is 0.00000280. The van der Waals surface area contributed by atoms with Crippen molar-refractivity contribution in [3.63, 3.8) is 0 Å². The number of aromatic nitrogens is 3. The summed E-state index contributed by atoms with van der Waals surface area (Å²) in [5.41, 5.74) is 4.21. The molecule has 2 aromatic carbocycles. The molecule has 0 saturated carbocycles. The molecule has 2 N–H and O–H groups in total. The molecule has 3 aromatic rings. The number of halogens is 2. The minimum atomic E-state index is -0.349. The smallest absolute Gasteiger partial charge is 0.250 e. The lowest BCUT2D eigenvalue weighted by atomic mass is 10.2. The van der Waals surface area contributed by atoms with Crippen LogP contribution in [0, 0.1) is 5.82 Å². The molecule has 9 heteroatoms. The second kappa shape index (κ2) is 10.2. The molecule has 0 fully saturated rings. The molecule has 146 valence electrons. The van der Waals surface area contributed by atoms with Crippen molar-refractivity contribution in [2.45, 2.75) is 6.54 Å². The topological polar surface area (TPSA) is 78.3 Å². The van der Waals surface area contributed by atoms with E-state index in [1.807, 2.05) is 44.4 Å². The van der Waals surface area contributed by atoms with E-state index in [9.17, 15) is 4.39 Å². The van der Waals surface area contributed by atoms with Crippen molar-refractivity contribution < 1.29 is 4.39 Å². The Labute approximate surface area is 169 Å². The second-order valence-electron chi connectivity index (χ2n) is 5.91. The maximum atomic E-state index is 13.6. The van der Waals surface area contributed by atoms with Gasteiger partial charge >= 0.3 is 0 Å². The number of benzene rings is 2. The van der Waals surface area contributed by atoms with Gasteiger partial charge in [0.25, 0.3) is 0 Å². The molecule has 3 rings (SSSR count). The van der Waals surface area contributed by atoms with Crippen molar-refractivity contribution in [3.05, 3.63) is 71.5 Å². The van der Waals surface area contributed by atoms with Gasteiger partial charge in [0.15, 0.2) is 0 Å². The minimum Gasteiger partial charge on any atom is -0.350 e. The summed E-state index contributed by atoms with van der Waals surface area (Å²) in [6.45, 7) is 0.579. The summed E-state index contributed by atoms with van der Waals surface area (Å²) in [4.78, 5) is 14.7. The van der Waals surface area contributed by atoms with Gasteiger partial charge < -0.3 is 10.2 Å². The van der Waals surface area contributed by atoms with Gasteiger partial charge in [0.1, 0.15) is 5.82 Å². The van der Waals surface area contributed by atoms with Crippen LogP contribution in [0.1, 0.15) is 11.1 Å². The first kappa shape index (κ1) is 21.0. The fraction of sp³-hybridized carbons (Fsp3) is 0.158. The van der Waals surface area contributed by atoms with Crippen molar-refractivity contribution in [2.75, 3.05) is 29.7 Å². The number of nitrogens with one attached hydrogen (secondary N) is 2. The molecule has 0 spiro atoms. The van der Waals surface area contributed by atoms with Crippen LogP contribution in [0.3, 0.4) is 0 Å². The molecular formula is C19H21ClFN7. The molecule has 28 heavy (non-hydrogen) atoms. The van der Waals surface area contributed by atoms with Gasteiger partial charge in [-0.2, -0.15) is 20.1 Å². The number of hydrogen-bond donors (Lipinski definition) is 2. The Hall–Kier alpha value is -3.26. The zero-order chi connectivity index (χ0) is 19.1. The van der Waals surface area contributed by atoms with E-state index >= 15 is 0 Å². The van der Waals surface area contributed by atoms with Gasteiger partial charge in [0.05, 0.1) is 6.21 Å². The van der Waals surface area contributed by atoms with Crippen LogP contribution in [0.15, 0.2) is 59.7 Å². The Bertz CT molecular complexity index is 919. The van der Waals surface area contributed by atoms with Crippen LogP contribution < -0.4 is 15.6 Å². The zero-order valence-corrected chi connectivity index (χ0v) is 16.3. The Kier molecular flexibility index (Phi) is 7.65. The van der Waals surface area contributed by atoms with Crippen LogP contribution in [0.2, 0.25) is 0 Å². The third kappa shape index (κ3) is 5.88. The molecule has 0 bridgehead atoms. The van der Waals surface area contributed by atoms with Crippen LogP contribution in [-0.4, -0.2) is 35.3 Å². The summed E-state index contributed by atoms with van der Waals surface area (Å²) in [5, 5.41) is 7.19. The maximum Gasteiger partial charge on any atom is 0.250 e. The third-order valence-electron chi connectivity index (χ3n) is 3.59. The second-order valence-corrected chi connectivity index (χ2v) is 5.91. The van der Waals surface area contributed by atoms with E-state index in [4.69, 9.17) is 0 Å². The van der Waals surface area contributed by atoms with Gasteiger partial charge in [0.2, 0.25) is 17.8 Å². The highest BCUT2D eigenvalue weighted by Crippen LogP contribution is 2.13. The fourth-order valence-electron chi connectivity index (χ4n) is 2.21. The largest absolute Gasteiger partial charge is 0.350 e. The van der Waals surface area contributed by atoms with Crippen LogP contribution in [0.25, 0.3) is 0 Å². The monoisotopic (exact) mass is 401 g/mol. The van der Waals surface area contributed by atoms with E-state index in [1.165, 1.54) is 12.3 Å². The minimum absolute atomic E-state index is 0. The number of rotatable bonds is 7. The van der Waals surface area contributed by atoms with Gasteiger partial charge in [-0.3, -0.25) is 0 Å². The molecule has 0 radical (unpaired) electrons. The summed E-state index contributed by atoms with van der Waals surface area (Å²) in [6.07, 6.45) is 1.38. The van der Waals surface area contributed by atoms with Gasteiger partial charge in [-0.05, 0) is 11.6 Å². The Morgan fingerprint density at radius 2 is 1.64 bits per heavy atom. The van der Waals surface area contributed by atoms with Crippen LogP contribution in [-0.2, 0) is 6.54 Å². The predicted octanol–water partition coefficient (Wildman–Crippen LogP) is 3.56. The SMILES string of the molecule is CN(C)c1nc(NCc2ccccc2)nc(N/N=C/c2ccccc2F)n1.Cl. The number of hydrazone groups is 1. The summed E-state index contributed by atoms with van der Waals surface area (Å²) in [7, 11) is 3.67. The molecule has 0 amide bonds. The van der Waals surface area contributed by atoms with Crippen molar-refractivity contribution in [1.82, 2.24) is 15.0 Å². The summed E-state index contributed by atoms with van der Waals surface area (Å²) in [5.74, 6) is 0.806. The molecule has 0 aliphatic rings. The van der Waals surface area contributed by atoms with E-state index in [1.54, 1.807) is 23.1 Å². The number of nitrogens with zero attached hydrogens (tertiary/aromatic N) is 5.